The van der Waals surface area contributed by atoms with Crippen molar-refractivity contribution >= 4 is 22.8 Å². The predicted octanol–water partition coefficient (Wildman–Crippen LogP) is 2.68. The number of imidazole rings is 1. The molecule has 1 aromatic carbocycles. The third-order valence-electron chi connectivity index (χ3n) is 5.47. The SMILES string of the molecule is CCCCC(=O)N1CCCN(C(=O)Cc2ccc3c(c2)nc(C)n3C)CC1. The van der Waals surface area contributed by atoms with Crippen LogP contribution in [0.15, 0.2) is 18.2 Å². The van der Waals surface area contributed by atoms with Crippen molar-refractivity contribution in [3.8, 4) is 0 Å². The van der Waals surface area contributed by atoms with Gasteiger partial charge in [0.05, 0.1) is 17.5 Å². The second-order valence-electron chi connectivity index (χ2n) is 7.44. The zero-order valence-corrected chi connectivity index (χ0v) is 16.7. The number of carbonyl (C=O) groups is 2. The molecule has 1 fully saturated rings. The lowest BCUT2D eigenvalue weighted by molar-refractivity contribution is -0.133. The number of rotatable bonds is 5. The van der Waals surface area contributed by atoms with E-state index in [0.717, 1.165) is 54.8 Å². The summed E-state index contributed by atoms with van der Waals surface area (Å²) in [6, 6.07) is 6.06. The zero-order chi connectivity index (χ0) is 19.4. The maximum atomic E-state index is 12.8. The Labute approximate surface area is 161 Å². The van der Waals surface area contributed by atoms with Gasteiger partial charge in [-0.3, -0.25) is 9.59 Å². The van der Waals surface area contributed by atoms with E-state index in [-0.39, 0.29) is 11.8 Å². The van der Waals surface area contributed by atoms with Crippen molar-refractivity contribution in [3.63, 3.8) is 0 Å². The van der Waals surface area contributed by atoms with Crippen molar-refractivity contribution in [2.24, 2.45) is 7.05 Å². The number of hydrogen-bond acceptors (Lipinski definition) is 3. The number of aromatic nitrogens is 2. The lowest BCUT2D eigenvalue weighted by atomic mass is 10.1. The second-order valence-corrected chi connectivity index (χ2v) is 7.44. The van der Waals surface area contributed by atoms with E-state index >= 15 is 0 Å². The molecule has 0 atom stereocenters. The van der Waals surface area contributed by atoms with Crippen LogP contribution in [0.4, 0.5) is 0 Å². The molecule has 0 radical (unpaired) electrons. The molecule has 0 unspecified atom stereocenters. The van der Waals surface area contributed by atoms with Gasteiger partial charge in [0, 0.05) is 39.6 Å². The minimum atomic E-state index is 0.130. The van der Waals surface area contributed by atoms with E-state index < -0.39 is 0 Å². The van der Waals surface area contributed by atoms with Crippen LogP contribution in [-0.4, -0.2) is 57.3 Å². The molecular formula is C21H30N4O2. The molecule has 1 aromatic heterocycles. The molecule has 27 heavy (non-hydrogen) atoms. The van der Waals surface area contributed by atoms with Gasteiger partial charge in [0.15, 0.2) is 0 Å². The van der Waals surface area contributed by atoms with Gasteiger partial charge in [0.25, 0.3) is 0 Å². The van der Waals surface area contributed by atoms with Crippen LogP contribution in [0.2, 0.25) is 0 Å². The van der Waals surface area contributed by atoms with Crippen LogP contribution in [0, 0.1) is 6.92 Å². The fraction of sp³-hybridized carbons (Fsp3) is 0.571. The maximum Gasteiger partial charge on any atom is 0.227 e. The molecule has 2 heterocycles. The van der Waals surface area contributed by atoms with E-state index in [1.54, 1.807) is 0 Å². The fourth-order valence-electron chi connectivity index (χ4n) is 3.66. The van der Waals surface area contributed by atoms with Gasteiger partial charge in [-0.25, -0.2) is 4.98 Å². The molecule has 3 rings (SSSR count). The number of hydrogen-bond donors (Lipinski definition) is 0. The maximum absolute atomic E-state index is 12.8. The summed E-state index contributed by atoms with van der Waals surface area (Å²) in [7, 11) is 2.00. The van der Waals surface area contributed by atoms with Crippen LogP contribution in [0.25, 0.3) is 11.0 Å². The van der Waals surface area contributed by atoms with Gasteiger partial charge in [-0.1, -0.05) is 19.4 Å². The first kappa shape index (κ1) is 19.4. The Kier molecular flexibility index (Phi) is 6.14. The second kappa shape index (κ2) is 8.55. The summed E-state index contributed by atoms with van der Waals surface area (Å²) in [4.78, 5) is 33.4. The van der Waals surface area contributed by atoms with E-state index in [1.807, 2.05) is 42.0 Å². The van der Waals surface area contributed by atoms with Crippen molar-refractivity contribution in [2.45, 2.75) is 46.0 Å². The number of amides is 2. The molecule has 6 heteroatoms. The molecule has 0 spiro atoms. The molecule has 0 N–H and O–H groups in total. The molecule has 6 nitrogen and oxygen atoms in total. The van der Waals surface area contributed by atoms with Crippen LogP contribution >= 0.6 is 0 Å². The van der Waals surface area contributed by atoms with Crippen LogP contribution < -0.4 is 0 Å². The number of aryl methyl sites for hydroxylation is 2. The molecule has 2 aromatic rings. The van der Waals surface area contributed by atoms with Crippen molar-refractivity contribution < 1.29 is 9.59 Å². The number of carbonyl (C=O) groups excluding carboxylic acids is 2. The molecule has 0 saturated carbocycles. The van der Waals surface area contributed by atoms with Crippen molar-refractivity contribution in [3.05, 3.63) is 29.6 Å². The van der Waals surface area contributed by atoms with E-state index in [4.69, 9.17) is 0 Å². The number of benzene rings is 1. The Morgan fingerprint density at radius 1 is 1.07 bits per heavy atom. The number of nitrogens with zero attached hydrogens (tertiary/aromatic N) is 4. The molecule has 146 valence electrons. The van der Waals surface area contributed by atoms with Crippen molar-refractivity contribution in [2.75, 3.05) is 26.2 Å². The smallest absolute Gasteiger partial charge is 0.227 e. The highest BCUT2D eigenvalue weighted by molar-refractivity contribution is 5.82. The highest BCUT2D eigenvalue weighted by Gasteiger charge is 2.22. The summed E-state index contributed by atoms with van der Waals surface area (Å²) in [5, 5.41) is 0. The van der Waals surface area contributed by atoms with Crippen molar-refractivity contribution in [1.29, 1.82) is 0 Å². The van der Waals surface area contributed by atoms with Gasteiger partial charge < -0.3 is 14.4 Å². The summed E-state index contributed by atoms with van der Waals surface area (Å²) >= 11 is 0. The summed E-state index contributed by atoms with van der Waals surface area (Å²) in [6.45, 7) is 6.83. The van der Waals surface area contributed by atoms with E-state index in [9.17, 15) is 9.59 Å². The molecular weight excluding hydrogens is 340 g/mol. The van der Waals surface area contributed by atoms with Gasteiger partial charge in [-0.2, -0.15) is 0 Å². The molecule has 0 aliphatic carbocycles. The van der Waals surface area contributed by atoms with Gasteiger partial charge in [0.1, 0.15) is 5.82 Å². The Morgan fingerprint density at radius 3 is 2.48 bits per heavy atom. The highest BCUT2D eigenvalue weighted by atomic mass is 16.2. The van der Waals surface area contributed by atoms with Crippen LogP contribution in [-0.2, 0) is 23.1 Å². The summed E-state index contributed by atoms with van der Waals surface area (Å²) < 4.78 is 2.06. The molecule has 1 saturated heterocycles. The third kappa shape index (κ3) is 4.49. The van der Waals surface area contributed by atoms with Gasteiger partial charge in [0.2, 0.25) is 11.8 Å². The van der Waals surface area contributed by atoms with E-state index in [1.165, 1.54) is 0 Å². The van der Waals surface area contributed by atoms with E-state index in [2.05, 4.69) is 16.5 Å². The van der Waals surface area contributed by atoms with Gasteiger partial charge in [-0.15, -0.1) is 0 Å². The predicted molar refractivity (Wildman–Crippen MR) is 106 cm³/mol. The van der Waals surface area contributed by atoms with Crippen LogP contribution in [0.3, 0.4) is 0 Å². The third-order valence-corrected chi connectivity index (χ3v) is 5.47. The largest absolute Gasteiger partial charge is 0.341 e. The molecule has 1 aliphatic rings. The topological polar surface area (TPSA) is 58.4 Å². The van der Waals surface area contributed by atoms with Crippen LogP contribution in [0.5, 0.6) is 0 Å². The first-order chi connectivity index (χ1) is 13.0. The Morgan fingerprint density at radius 2 is 1.78 bits per heavy atom. The summed E-state index contributed by atoms with van der Waals surface area (Å²) in [5.41, 5.74) is 3.01. The zero-order valence-electron chi connectivity index (χ0n) is 16.7. The number of unbranched alkanes of at least 4 members (excludes halogenated alkanes) is 1. The lowest BCUT2D eigenvalue weighted by Gasteiger charge is -2.22. The lowest BCUT2D eigenvalue weighted by Crippen LogP contribution is -2.37. The first-order valence-electron chi connectivity index (χ1n) is 9.97. The molecule has 1 aliphatic heterocycles. The van der Waals surface area contributed by atoms with Crippen molar-refractivity contribution in [1.82, 2.24) is 19.4 Å². The number of fused-ring (bicyclic) bond motifs is 1. The quantitative estimate of drug-likeness (QED) is 0.813. The van der Waals surface area contributed by atoms with Crippen LogP contribution in [0.1, 0.15) is 44.0 Å². The normalized spacial score (nSPS) is 15.2. The minimum Gasteiger partial charge on any atom is -0.341 e. The fourth-order valence-corrected chi connectivity index (χ4v) is 3.66. The minimum absolute atomic E-state index is 0.130. The Hall–Kier alpha value is -2.37. The van der Waals surface area contributed by atoms with E-state index in [0.29, 0.717) is 25.9 Å². The summed E-state index contributed by atoms with van der Waals surface area (Å²) in [6.07, 6.45) is 3.82. The summed E-state index contributed by atoms with van der Waals surface area (Å²) in [5.74, 6) is 1.32. The molecule has 2 amide bonds. The van der Waals surface area contributed by atoms with Gasteiger partial charge in [-0.05, 0) is 37.5 Å². The Bertz CT molecular complexity index is 827. The standard InChI is InChI=1S/C21H30N4O2/c1-4-5-7-20(26)24-10-6-11-25(13-12-24)21(27)15-17-8-9-19-18(14-17)22-16(2)23(19)3/h8-9,14H,4-7,10-13,15H2,1-3H3. The average molecular weight is 370 g/mol. The monoisotopic (exact) mass is 370 g/mol. The molecule has 0 bridgehead atoms. The highest BCUT2D eigenvalue weighted by Crippen LogP contribution is 2.17. The average Bonchev–Trinajstić information content (AvgIpc) is 2.83. The Balaban J connectivity index is 1.60. The first-order valence-corrected chi connectivity index (χ1v) is 9.97. The van der Waals surface area contributed by atoms with Gasteiger partial charge >= 0.3 is 0 Å².